The first-order valence-electron chi connectivity index (χ1n) is 6.91. The van der Waals surface area contributed by atoms with Crippen molar-refractivity contribution in [3.63, 3.8) is 0 Å². The number of nitrogens with one attached hydrogen (secondary N) is 1. The van der Waals surface area contributed by atoms with Gasteiger partial charge in [0.25, 0.3) is 0 Å². The highest BCUT2D eigenvalue weighted by Crippen LogP contribution is 2.24. The number of aromatic nitrogens is 2. The zero-order valence-corrected chi connectivity index (χ0v) is 12.4. The lowest BCUT2D eigenvalue weighted by Crippen LogP contribution is -2.17. The van der Waals surface area contributed by atoms with Crippen molar-refractivity contribution < 1.29 is 13.9 Å². The molecule has 0 bridgehead atoms. The van der Waals surface area contributed by atoms with Crippen molar-refractivity contribution in [2.45, 2.75) is 0 Å². The maximum Gasteiger partial charge on any atom is 0.331 e. The quantitative estimate of drug-likeness (QED) is 0.801. The summed E-state index contributed by atoms with van der Waals surface area (Å²) in [5.41, 5.74) is 1.74. The fraction of sp³-hybridized carbons (Fsp3) is 0.0588. The minimum Gasteiger partial charge on any atom is -0.494 e. The molecule has 5 nitrogen and oxygen atoms in total. The molecule has 1 aromatic heterocycles. The summed E-state index contributed by atoms with van der Waals surface area (Å²) >= 11 is 0. The van der Waals surface area contributed by atoms with E-state index in [1.165, 1.54) is 30.1 Å². The van der Waals surface area contributed by atoms with Gasteiger partial charge in [-0.15, -0.1) is 0 Å². The van der Waals surface area contributed by atoms with Gasteiger partial charge in [-0.05, 0) is 30.3 Å². The van der Waals surface area contributed by atoms with Crippen molar-refractivity contribution in [2.24, 2.45) is 0 Å². The van der Waals surface area contributed by atoms with Gasteiger partial charge in [0.1, 0.15) is 6.33 Å². The Balaban J connectivity index is 1.80. The largest absolute Gasteiger partial charge is 0.494 e. The number of halogens is 1. The molecule has 0 saturated heterocycles. The Hall–Kier alpha value is -3.15. The van der Waals surface area contributed by atoms with Crippen molar-refractivity contribution >= 4 is 11.7 Å². The summed E-state index contributed by atoms with van der Waals surface area (Å²) in [5, 5.41) is 2.74. The number of benzene rings is 2. The molecule has 0 aliphatic heterocycles. The molecule has 0 spiro atoms. The lowest BCUT2D eigenvalue weighted by Gasteiger charge is -2.04. The second kappa shape index (κ2) is 6.31. The van der Waals surface area contributed by atoms with Gasteiger partial charge in [-0.3, -0.25) is 4.57 Å². The third kappa shape index (κ3) is 3.21. The van der Waals surface area contributed by atoms with E-state index in [-0.39, 0.29) is 11.8 Å². The molecule has 2 aromatic carbocycles. The number of methoxy groups -OCH3 is 1. The standard InChI is InChI=1S/C17H14FN3O2/c1-23-16-8-7-12(9-14(16)18)15-10-21(11-19-15)17(22)20-13-5-3-2-4-6-13/h2-11H,1H3,(H,20,22). The van der Waals surface area contributed by atoms with E-state index in [4.69, 9.17) is 4.74 Å². The molecular formula is C17H14FN3O2. The molecule has 6 heteroatoms. The normalized spacial score (nSPS) is 10.3. The van der Waals surface area contributed by atoms with Gasteiger partial charge in [-0.1, -0.05) is 18.2 Å². The summed E-state index contributed by atoms with van der Waals surface area (Å²) in [6, 6.07) is 13.3. The molecule has 0 fully saturated rings. The van der Waals surface area contributed by atoms with Crippen molar-refractivity contribution in [1.29, 1.82) is 0 Å². The Bertz CT molecular complexity index is 831. The van der Waals surface area contributed by atoms with Crippen LogP contribution < -0.4 is 10.1 Å². The average Bonchev–Trinajstić information content (AvgIpc) is 3.06. The second-order valence-corrected chi connectivity index (χ2v) is 4.81. The number of carbonyl (C=O) groups excluding carboxylic acids is 1. The third-order valence-corrected chi connectivity index (χ3v) is 3.29. The number of carbonyl (C=O) groups is 1. The summed E-state index contributed by atoms with van der Waals surface area (Å²) in [6.07, 6.45) is 2.93. The van der Waals surface area contributed by atoms with E-state index in [1.54, 1.807) is 24.4 Å². The smallest absolute Gasteiger partial charge is 0.331 e. The van der Waals surface area contributed by atoms with Gasteiger partial charge in [0.05, 0.1) is 12.8 Å². The Morgan fingerprint density at radius 1 is 1.22 bits per heavy atom. The highest BCUT2D eigenvalue weighted by atomic mass is 19.1. The maximum absolute atomic E-state index is 13.8. The number of imidazole rings is 1. The lowest BCUT2D eigenvalue weighted by molar-refractivity contribution is 0.253. The van der Waals surface area contributed by atoms with Crippen LogP contribution in [0.2, 0.25) is 0 Å². The van der Waals surface area contributed by atoms with Crippen LogP contribution in [0, 0.1) is 5.82 Å². The molecule has 1 N–H and O–H groups in total. The zero-order valence-electron chi connectivity index (χ0n) is 12.4. The van der Waals surface area contributed by atoms with Gasteiger partial charge < -0.3 is 10.1 Å². The number of ether oxygens (including phenoxy) is 1. The third-order valence-electron chi connectivity index (χ3n) is 3.29. The molecule has 116 valence electrons. The number of amides is 1. The zero-order chi connectivity index (χ0) is 16.2. The molecule has 0 radical (unpaired) electrons. The van der Waals surface area contributed by atoms with Crippen LogP contribution in [0.15, 0.2) is 61.1 Å². The van der Waals surface area contributed by atoms with E-state index in [2.05, 4.69) is 10.3 Å². The molecular weight excluding hydrogens is 297 g/mol. The topological polar surface area (TPSA) is 56.1 Å². The molecule has 0 atom stereocenters. The van der Waals surface area contributed by atoms with Crippen LogP contribution in [0.3, 0.4) is 0 Å². The molecule has 3 rings (SSSR count). The summed E-state index contributed by atoms with van der Waals surface area (Å²) in [6.45, 7) is 0. The van der Waals surface area contributed by atoms with E-state index in [0.29, 0.717) is 16.9 Å². The highest BCUT2D eigenvalue weighted by Gasteiger charge is 2.10. The van der Waals surface area contributed by atoms with Crippen molar-refractivity contribution in [1.82, 2.24) is 9.55 Å². The molecule has 0 aliphatic carbocycles. The first kappa shape index (κ1) is 14.8. The van der Waals surface area contributed by atoms with Gasteiger partial charge in [0.15, 0.2) is 11.6 Å². The number of anilines is 1. The highest BCUT2D eigenvalue weighted by molar-refractivity contribution is 5.91. The number of hydrogen-bond acceptors (Lipinski definition) is 3. The van der Waals surface area contributed by atoms with Gasteiger partial charge in [-0.2, -0.15) is 0 Å². The Morgan fingerprint density at radius 3 is 2.70 bits per heavy atom. The minimum atomic E-state index is -0.478. The number of hydrogen-bond donors (Lipinski definition) is 1. The Kier molecular flexibility index (Phi) is 4.05. The number of para-hydroxylation sites is 1. The van der Waals surface area contributed by atoms with Crippen LogP contribution in [0.5, 0.6) is 5.75 Å². The fourth-order valence-electron chi connectivity index (χ4n) is 2.12. The molecule has 23 heavy (non-hydrogen) atoms. The predicted octanol–water partition coefficient (Wildman–Crippen LogP) is 3.78. The second-order valence-electron chi connectivity index (χ2n) is 4.81. The average molecular weight is 311 g/mol. The van der Waals surface area contributed by atoms with Gasteiger partial charge >= 0.3 is 6.03 Å². The summed E-state index contributed by atoms with van der Waals surface area (Å²) in [4.78, 5) is 16.3. The number of nitrogens with zero attached hydrogens (tertiary/aromatic N) is 2. The monoisotopic (exact) mass is 311 g/mol. The van der Waals surface area contributed by atoms with Crippen LogP contribution in [-0.4, -0.2) is 22.7 Å². The summed E-state index contributed by atoms with van der Waals surface area (Å²) in [7, 11) is 1.40. The van der Waals surface area contributed by atoms with Gasteiger partial charge in [0.2, 0.25) is 0 Å². The van der Waals surface area contributed by atoms with Gasteiger partial charge in [-0.25, -0.2) is 14.2 Å². The maximum atomic E-state index is 13.8. The Labute approximate surface area is 132 Å². The van der Waals surface area contributed by atoms with E-state index >= 15 is 0 Å². The summed E-state index contributed by atoms with van der Waals surface area (Å²) < 4.78 is 19.9. The summed E-state index contributed by atoms with van der Waals surface area (Å²) in [5.74, 6) is -0.316. The molecule has 0 aliphatic rings. The predicted molar refractivity (Wildman–Crippen MR) is 85.0 cm³/mol. The SMILES string of the molecule is COc1ccc(-c2cn(C(=O)Nc3ccccc3)cn2)cc1F. The van der Waals surface area contributed by atoms with E-state index in [1.807, 2.05) is 18.2 Å². The van der Waals surface area contributed by atoms with E-state index in [0.717, 1.165) is 0 Å². The minimum absolute atomic E-state index is 0.162. The van der Waals surface area contributed by atoms with Crippen LogP contribution in [0.4, 0.5) is 14.9 Å². The fourth-order valence-corrected chi connectivity index (χ4v) is 2.12. The first-order valence-corrected chi connectivity index (χ1v) is 6.91. The molecule has 0 saturated carbocycles. The Morgan fingerprint density at radius 2 is 2.00 bits per heavy atom. The molecule has 3 aromatic rings. The van der Waals surface area contributed by atoms with E-state index < -0.39 is 5.82 Å². The van der Waals surface area contributed by atoms with Crippen LogP contribution in [-0.2, 0) is 0 Å². The molecule has 1 amide bonds. The molecule has 0 unspecified atom stereocenters. The van der Waals surface area contributed by atoms with Gasteiger partial charge in [0, 0.05) is 17.4 Å². The molecule has 1 heterocycles. The lowest BCUT2D eigenvalue weighted by atomic mass is 10.1. The number of rotatable bonds is 3. The van der Waals surface area contributed by atoms with E-state index in [9.17, 15) is 9.18 Å². The van der Waals surface area contributed by atoms with Crippen molar-refractivity contribution in [3.8, 4) is 17.0 Å². The first-order chi connectivity index (χ1) is 11.2. The van der Waals surface area contributed by atoms with Crippen molar-refractivity contribution in [3.05, 3.63) is 66.9 Å². The van der Waals surface area contributed by atoms with Crippen LogP contribution in [0.1, 0.15) is 0 Å². The van der Waals surface area contributed by atoms with Crippen LogP contribution >= 0.6 is 0 Å². The van der Waals surface area contributed by atoms with Crippen LogP contribution in [0.25, 0.3) is 11.3 Å². The van der Waals surface area contributed by atoms with Crippen molar-refractivity contribution in [2.75, 3.05) is 12.4 Å².